The fraction of sp³-hybridized carbons (Fsp3) is 0.458. The first-order valence-corrected chi connectivity index (χ1v) is 10.5. The van der Waals surface area contributed by atoms with Crippen LogP contribution in [0, 0.1) is 0 Å². The summed E-state index contributed by atoms with van der Waals surface area (Å²) in [7, 11) is 5.35. The van der Waals surface area contributed by atoms with E-state index in [2.05, 4.69) is 11.9 Å². The number of hydrogen-bond acceptors (Lipinski definition) is 5. The number of benzene rings is 2. The molecule has 0 unspecified atom stereocenters. The lowest BCUT2D eigenvalue weighted by atomic mass is 10.0. The molecule has 30 heavy (non-hydrogen) atoms. The number of hydrogen-bond donors (Lipinski definition) is 0. The van der Waals surface area contributed by atoms with Crippen LogP contribution in [0.3, 0.4) is 0 Å². The standard InChI is InChI=1S/C24H32N2O4/c1-25(14-15-30-21-8-5-4-6-9-21)11-7-12-26-13-10-19-16-22(28-2)23(29-3)17-20(19)18-24(26)27/h4-6,8-9,16-17H,7,10-15,18H2,1-3H3. The Labute approximate surface area is 179 Å². The largest absolute Gasteiger partial charge is 0.493 e. The van der Waals surface area contributed by atoms with Gasteiger partial charge in [-0.3, -0.25) is 4.79 Å². The number of ether oxygens (including phenoxy) is 3. The number of fused-ring (bicyclic) bond motifs is 1. The Balaban J connectivity index is 1.44. The summed E-state index contributed by atoms with van der Waals surface area (Å²) in [5, 5.41) is 0. The Morgan fingerprint density at radius 3 is 2.40 bits per heavy atom. The van der Waals surface area contributed by atoms with Gasteiger partial charge in [-0.25, -0.2) is 0 Å². The molecule has 162 valence electrons. The van der Waals surface area contributed by atoms with Gasteiger partial charge in [-0.15, -0.1) is 0 Å². The third-order valence-corrected chi connectivity index (χ3v) is 5.50. The fourth-order valence-electron chi connectivity index (χ4n) is 3.73. The summed E-state index contributed by atoms with van der Waals surface area (Å²) >= 11 is 0. The molecule has 0 atom stereocenters. The van der Waals surface area contributed by atoms with Crippen LogP contribution in [0.25, 0.3) is 0 Å². The average Bonchev–Trinajstić information content (AvgIpc) is 2.91. The summed E-state index contributed by atoms with van der Waals surface area (Å²) in [6.07, 6.45) is 2.19. The van der Waals surface area contributed by atoms with E-state index >= 15 is 0 Å². The highest BCUT2D eigenvalue weighted by atomic mass is 16.5. The SMILES string of the molecule is COc1cc2c(cc1OC)CC(=O)N(CCCN(C)CCOc1ccccc1)CC2. The Morgan fingerprint density at radius 2 is 1.70 bits per heavy atom. The first-order valence-electron chi connectivity index (χ1n) is 10.5. The van der Waals surface area contributed by atoms with Crippen LogP contribution in [0.4, 0.5) is 0 Å². The highest BCUT2D eigenvalue weighted by molar-refractivity contribution is 5.80. The van der Waals surface area contributed by atoms with Crippen molar-refractivity contribution in [1.82, 2.24) is 9.80 Å². The van der Waals surface area contributed by atoms with Gasteiger partial charge in [0.2, 0.25) is 5.91 Å². The van der Waals surface area contributed by atoms with Crippen molar-refractivity contribution in [2.45, 2.75) is 19.3 Å². The number of carbonyl (C=O) groups excluding carboxylic acids is 1. The number of methoxy groups -OCH3 is 2. The van der Waals surface area contributed by atoms with Crippen LogP contribution in [0.1, 0.15) is 17.5 Å². The number of amides is 1. The van der Waals surface area contributed by atoms with Crippen molar-refractivity contribution in [3.8, 4) is 17.2 Å². The molecule has 1 aliphatic heterocycles. The van der Waals surface area contributed by atoms with Gasteiger partial charge in [0.1, 0.15) is 12.4 Å². The predicted octanol–water partition coefficient (Wildman–Crippen LogP) is 3.03. The van der Waals surface area contributed by atoms with Gasteiger partial charge < -0.3 is 24.0 Å². The quantitative estimate of drug-likeness (QED) is 0.600. The van der Waals surface area contributed by atoms with Gasteiger partial charge in [-0.1, -0.05) is 18.2 Å². The lowest BCUT2D eigenvalue weighted by Gasteiger charge is -2.22. The van der Waals surface area contributed by atoms with Crippen molar-refractivity contribution < 1.29 is 19.0 Å². The lowest BCUT2D eigenvalue weighted by molar-refractivity contribution is -0.130. The van der Waals surface area contributed by atoms with E-state index in [0.29, 0.717) is 18.8 Å². The minimum absolute atomic E-state index is 0.177. The number of likely N-dealkylation sites (N-methyl/N-ethyl adjacent to an activating group) is 1. The highest BCUT2D eigenvalue weighted by Gasteiger charge is 2.22. The van der Waals surface area contributed by atoms with Crippen LogP contribution >= 0.6 is 0 Å². The second-order valence-electron chi connectivity index (χ2n) is 7.60. The molecule has 0 N–H and O–H groups in total. The van der Waals surface area contributed by atoms with Crippen molar-refractivity contribution in [2.75, 3.05) is 54.1 Å². The smallest absolute Gasteiger partial charge is 0.227 e. The first kappa shape index (κ1) is 22.0. The molecule has 0 spiro atoms. The molecule has 0 bridgehead atoms. The molecule has 1 aliphatic rings. The molecule has 0 saturated carbocycles. The Bertz CT molecular complexity index is 825. The van der Waals surface area contributed by atoms with E-state index in [1.54, 1.807) is 14.2 Å². The molecule has 0 aliphatic carbocycles. The van der Waals surface area contributed by atoms with Crippen molar-refractivity contribution in [3.63, 3.8) is 0 Å². The van der Waals surface area contributed by atoms with Crippen molar-refractivity contribution in [1.29, 1.82) is 0 Å². The second kappa shape index (κ2) is 10.9. The van der Waals surface area contributed by atoms with Gasteiger partial charge in [-0.2, -0.15) is 0 Å². The topological polar surface area (TPSA) is 51.2 Å². The van der Waals surface area contributed by atoms with Gasteiger partial charge in [0.15, 0.2) is 11.5 Å². The van der Waals surface area contributed by atoms with E-state index in [0.717, 1.165) is 56.1 Å². The van der Waals surface area contributed by atoms with E-state index in [1.807, 2.05) is 47.4 Å². The first-order chi connectivity index (χ1) is 14.6. The minimum Gasteiger partial charge on any atom is -0.493 e. The van der Waals surface area contributed by atoms with Crippen molar-refractivity contribution >= 4 is 5.91 Å². The third kappa shape index (κ3) is 5.89. The van der Waals surface area contributed by atoms with E-state index in [4.69, 9.17) is 14.2 Å². The molecular weight excluding hydrogens is 380 g/mol. The van der Waals surface area contributed by atoms with E-state index < -0.39 is 0 Å². The fourth-order valence-corrected chi connectivity index (χ4v) is 3.73. The molecule has 1 amide bonds. The molecule has 0 saturated heterocycles. The van der Waals surface area contributed by atoms with Gasteiger partial charge >= 0.3 is 0 Å². The summed E-state index contributed by atoms with van der Waals surface area (Å²) in [4.78, 5) is 17.0. The van der Waals surface area contributed by atoms with Gasteiger partial charge in [0, 0.05) is 19.6 Å². The number of carbonyl (C=O) groups is 1. The zero-order valence-electron chi connectivity index (χ0n) is 18.2. The van der Waals surface area contributed by atoms with Crippen LogP contribution in [0.2, 0.25) is 0 Å². The normalized spacial score (nSPS) is 13.7. The molecule has 1 heterocycles. The summed E-state index contributed by atoms with van der Waals surface area (Å²) in [5.74, 6) is 2.47. The van der Waals surface area contributed by atoms with Crippen LogP contribution in [0.15, 0.2) is 42.5 Å². The monoisotopic (exact) mass is 412 g/mol. The van der Waals surface area contributed by atoms with Crippen LogP contribution < -0.4 is 14.2 Å². The van der Waals surface area contributed by atoms with E-state index in [1.165, 1.54) is 5.56 Å². The highest BCUT2D eigenvalue weighted by Crippen LogP contribution is 2.32. The number of para-hydroxylation sites is 1. The predicted molar refractivity (Wildman–Crippen MR) is 118 cm³/mol. The Kier molecular flexibility index (Phi) is 7.97. The molecule has 2 aromatic rings. The van der Waals surface area contributed by atoms with E-state index in [-0.39, 0.29) is 5.91 Å². The summed E-state index contributed by atoms with van der Waals surface area (Å²) in [5.41, 5.74) is 2.20. The Morgan fingerprint density at radius 1 is 1.00 bits per heavy atom. The third-order valence-electron chi connectivity index (χ3n) is 5.50. The van der Waals surface area contributed by atoms with Crippen molar-refractivity contribution in [2.24, 2.45) is 0 Å². The Hall–Kier alpha value is -2.73. The maximum atomic E-state index is 12.8. The maximum Gasteiger partial charge on any atom is 0.227 e. The van der Waals surface area contributed by atoms with Crippen LogP contribution in [0.5, 0.6) is 17.2 Å². The molecule has 6 heteroatoms. The molecule has 0 radical (unpaired) electrons. The second-order valence-corrected chi connectivity index (χ2v) is 7.60. The average molecular weight is 413 g/mol. The van der Waals surface area contributed by atoms with Crippen molar-refractivity contribution in [3.05, 3.63) is 53.6 Å². The maximum absolute atomic E-state index is 12.8. The van der Waals surface area contributed by atoms with Gasteiger partial charge in [0.05, 0.1) is 20.6 Å². The van der Waals surface area contributed by atoms with Crippen LogP contribution in [-0.2, 0) is 17.6 Å². The van der Waals surface area contributed by atoms with Gasteiger partial charge in [-0.05, 0) is 61.8 Å². The molecule has 0 fully saturated rings. The molecular formula is C24H32N2O4. The summed E-state index contributed by atoms with van der Waals surface area (Å²) < 4.78 is 16.6. The zero-order valence-corrected chi connectivity index (χ0v) is 18.2. The van der Waals surface area contributed by atoms with Gasteiger partial charge in [0.25, 0.3) is 0 Å². The van der Waals surface area contributed by atoms with Crippen LogP contribution in [-0.4, -0.2) is 69.8 Å². The summed E-state index contributed by atoms with van der Waals surface area (Å²) in [6, 6.07) is 13.8. The molecule has 0 aromatic heterocycles. The van der Waals surface area contributed by atoms with E-state index in [9.17, 15) is 4.79 Å². The number of nitrogens with zero attached hydrogens (tertiary/aromatic N) is 2. The minimum atomic E-state index is 0.177. The summed E-state index contributed by atoms with van der Waals surface area (Å²) in [6.45, 7) is 3.94. The lowest BCUT2D eigenvalue weighted by Crippen LogP contribution is -2.35. The molecule has 3 rings (SSSR count). The zero-order chi connectivity index (χ0) is 21.3. The molecule has 6 nitrogen and oxygen atoms in total. The molecule has 2 aromatic carbocycles. The number of rotatable bonds is 10.